The first kappa shape index (κ1) is 21.1. The predicted octanol–water partition coefficient (Wildman–Crippen LogP) is 5.42. The van der Waals surface area contributed by atoms with Gasteiger partial charge in [0.2, 0.25) is 5.91 Å². The van der Waals surface area contributed by atoms with Gasteiger partial charge >= 0.3 is 0 Å². The summed E-state index contributed by atoms with van der Waals surface area (Å²) in [6.45, 7) is 7.66. The molecule has 0 aliphatic rings. The highest BCUT2D eigenvalue weighted by Gasteiger charge is 2.20. The second-order valence-corrected chi connectivity index (χ2v) is 8.78. The average Bonchev–Trinajstić information content (AvgIpc) is 3.13. The van der Waals surface area contributed by atoms with Crippen molar-refractivity contribution in [1.29, 1.82) is 0 Å². The Balaban J connectivity index is 1.79. The van der Waals surface area contributed by atoms with Gasteiger partial charge in [0, 0.05) is 23.0 Å². The number of amides is 1. The molecule has 0 saturated heterocycles. The van der Waals surface area contributed by atoms with Gasteiger partial charge in [-0.3, -0.25) is 9.69 Å². The molecule has 3 rings (SSSR count). The monoisotopic (exact) mass is 433 g/mol. The summed E-state index contributed by atoms with van der Waals surface area (Å²) in [7, 11) is 0. The van der Waals surface area contributed by atoms with Crippen molar-refractivity contribution < 1.29 is 4.79 Å². The van der Waals surface area contributed by atoms with Gasteiger partial charge in [0.05, 0.1) is 16.0 Å². The molecule has 148 valence electrons. The second-order valence-electron chi connectivity index (χ2n) is 6.28. The third kappa shape index (κ3) is 5.47. The Morgan fingerprint density at radius 3 is 2.57 bits per heavy atom. The number of hydrogen-bond donors (Lipinski definition) is 0. The van der Waals surface area contributed by atoms with E-state index in [4.69, 9.17) is 16.6 Å². The molecule has 0 fully saturated rings. The standard InChI is InChI=1S/C21H24ClN3OS2/c1-3-24(4-2)12-13-25(20(26)15-27-17-8-6-5-7-9-17)21-23-18-11-10-16(22)14-19(18)28-21/h5-11,14H,3-4,12-13,15H2,1-2H3. The Kier molecular flexibility index (Phi) is 7.73. The number of thiazole rings is 1. The smallest absolute Gasteiger partial charge is 0.239 e. The van der Waals surface area contributed by atoms with E-state index in [1.165, 1.54) is 11.3 Å². The van der Waals surface area contributed by atoms with E-state index in [-0.39, 0.29) is 5.91 Å². The van der Waals surface area contributed by atoms with Crippen LogP contribution in [0.15, 0.2) is 53.4 Å². The minimum Gasteiger partial charge on any atom is -0.302 e. The van der Waals surface area contributed by atoms with Gasteiger partial charge in [-0.25, -0.2) is 4.98 Å². The Morgan fingerprint density at radius 1 is 1.11 bits per heavy atom. The number of likely N-dealkylation sites (N-methyl/N-ethyl adjacent to an activating group) is 1. The number of benzene rings is 2. The number of hydrogen-bond acceptors (Lipinski definition) is 5. The number of halogens is 1. The maximum Gasteiger partial charge on any atom is 0.239 e. The Morgan fingerprint density at radius 2 is 1.86 bits per heavy atom. The van der Waals surface area contributed by atoms with Crippen molar-refractivity contribution in [2.45, 2.75) is 18.7 Å². The molecule has 1 amide bonds. The van der Waals surface area contributed by atoms with Crippen molar-refractivity contribution >= 4 is 56.0 Å². The summed E-state index contributed by atoms with van der Waals surface area (Å²) in [5.41, 5.74) is 0.876. The van der Waals surface area contributed by atoms with Crippen molar-refractivity contribution in [1.82, 2.24) is 9.88 Å². The van der Waals surface area contributed by atoms with E-state index in [1.54, 1.807) is 11.8 Å². The maximum absolute atomic E-state index is 13.1. The summed E-state index contributed by atoms with van der Waals surface area (Å²) >= 11 is 9.19. The lowest BCUT2D eigenvalue weighted by atomic mass is 10.3. The molecule has 0 radical (unpaired) electrons. The minimum absolute atomic E-state index is 0.0752. The molecule has 7 heteroatoms. The fraction of sp³-hybridized carbons (Fsp3) is 0.333. The third-order valence-corrected chi connectivity index (χ3v) is 6.78. The number of anilines is 1. The van der Waals surface area contributed by atoms with Crippen LogP contribution in [0.5, 0.6) is 0 Å². The van der Waals surface area contributed by atoms with Crippen LogP contribution in [0.3, 0.4) is 0 Å². The van der Waals surface area contributed by atoms with Crippen molar-refractivity contribution in [3.8, 4) is 0 Å². The van der Waals surface area contributed by atoms with Crippen molar-refractivity contribution in [3.05, 3.63) is 53.6 Å². The lowest BCUT2D eigenvalue weighted by Gasteiger charge is -2.24. The van der Waals surface area contributed by atoms with Crippen LogP contribution in [-0.2, 0) is 4.79 Å². The fourth-order valence-electron chi connectivity index (χ4n) is 2.85. The van der Waals surface area contributed by atoms with E-state index < -0.39 is 0 Å². The molecule has 0 aliphatic carbocycles. The van der Waals surface area contributed by atoms with E-state index in [0.29, 0.717) is 17.3 Å². The second kappa shape index (κ2) is 10.3. The SMILES string of the molecule is CCN(CC)CCN(C(=O)CSc1ccccc1)c1nc2ccc(Cl)cc2s1. The molecule has 0 saturated carbocycles. The average molecular weight is 434 g/mol. The zero-order valence-electron chi connectivity index (χ0n) is 16.1. The highest BCUT2D eigenvalue weighted by molar-refractivity contribution is 8.00. The molecule has 3 aromatic rings. The molecule has 0 unspecified atom stereocenters. The summed E-state index contributed by atoms with van der Waals surface area (Å²) in [6, 6.07) is 15.7. The van der Waals surface area contributed by atoms with E-state index in [9.17, 15) is 4.79 Å². The van der Waals surface area contributed by atoms with Crippen LogP contribution in [0, 0.1) is 0 Å². The lowest BCUT2D eigenvalue weighted by Crippen LogP contribution is -2.39. The molecule has 4 nitrogen and oxygen atoms in total. The molecule has 0 bridgehead atoms. The van der Waals surface area contributed by atoms with Crippen LogP contribution in [0.1, 0.15) is 13.8 Å². The van der Waals surface area contributed by atoms with Crippen LogP contribution in [0.25, 0.3) is 10.2 Å². The summed E-state index contributed by atoms with van der Waals surface area (Å²) in [5, 5.41) is 1.42. The van der Waals surface area contributed by atoms with Crippen molar-refractivity contribution in [2.75, 3.05) is 36.8 Å². The number of carbonyl (C=O) groups excluding carboxylic acids is 1. The highest BCUT2D eigenvalue weighted by atomic mass is 35.5. The lowest BCUT2D eigenvalue weighted by molar-refractivity contribution is -0.116. The highest BCUT2D eigenvalue weighted by Crippen LogP contribution is 2.31. The first-order valence-electron chi connectivity index (χ1n) is 9.37. The maximum atomic E-state index is 13.1. The van der Waals surface area contributed by atoms with E-state index in [1.807, 2.05) is 53.4 Å². The topological polar surface area (TPSA) is 36.4 Å². The summed E-state index contributed by atoms with van der Waals surface area (Å²) < 4.78 is 0.999. The van der Waals surface area contributed by atoms with E-state index in [0.717, 1.165) is 39.9 Å². The number of aromatic nitrogens is 1. The van der Waals surface area contributed by atoms with Gasteiger partial charge in [-0.2, -0.15) is 0 Å². The Hall–Kier alpha value is -1.60. The summed E-state index contributed by atoms with van der Waals surface area (Å²) in [4.78, 5) is 23.0. The van der Waals surface area contributed by atoms with Gasteiger partial charge in [0.1, 0.15) is 0 Å². The summed E-state index contributed by atoms with van der Waals surface area (Å²) in [6.07, 6.45) is 0. The largest absolute Gasteiger partial charge is 0.302 e. The summed E-state index contributed by atoms with van der Waals surface area (Å²) in [5.74, 6) is 0.463. The van der Waals surface area contributed by atoms with Crippen LogP contribution in [0.4, 0.5) is 5.13 Å². The minimum atomic E-state index is 0.0752. The number of carbonyl (C=O) groups is 1. The van der Waals surface area contributed by atoms with Gasteiger partial charge in [-0.05, 0) is 43.4 Å². The Labute approximate surface area is 179 Å². The van der Waals surface area contributed by atoms with Gasteiger partial charge in [0.15, 0.2) is 5.13 Å². The van der Waals surface area contributed by atoms with Gasteiger partial charge in [0.25, 0.3) is 0 Å². The zero-order chi connectivity index (χ0) is 19.9. The molecule has 0 N–H and O–H groups in total. The van der Waals surface area contributed by atoms with Crippen molar-refractivity contribution in [2.24, 2.45) is 0 Å². The van der Waals surface area contributed by atoms with Gasteiger partial charge in [-0.1, -0.05) is 55.0 Å². The molecule has 1 heterocycles. The number of nitrogens with zero attached hydrogens (tertiary/aromatic N) is 3. The quantitative estimate of drug-likeness (QED) is 0.422. The Bertz CT molecular complexity index is 912. The van der Waals surface area contributed by atoms with Crippen LogP contribution >= 0.6 is 34.7 Å². The van der Waals surface area contributed by atoms with Gasteiger partial charge in [-0.15, -0.1) is 11.8 Å². The number of rotatable bonds is 9. The number of fused-ring (bicyclic) bond motifs is 1. The van der Waals surface area contributed by atoms with Crippen LogP contribution in [-0.4, -0.2) is 47.7 Å². The first-order valence-corrected chi connectivity index (χ1v) is 11.6. The molecule has 0 aliphatic heterocycles. The van der Waals surface area contributed by atoms with Crippen LogP contribution < -0.4 is 4.90 Å². The predicted molar refractivity (Wildman–Crippen MR) is 122 cm³/mol. The molecule has 1 aromatic heterocycles. The van der Waals surface area contributed by atoms with E-state index in [2.05, 4.69) is 18.7 Å². The third-order valence-electron chi connectivity index (χ3n) is 4.51. The number of thioether (sulfide) groups is 1. The normalized spacial score (nSPS) is 11.3. The fourth-order valence-corrected chi connectivity index (χ4v) is 4.93. The molecule has 2 aromatic carbocycles. The zero-order valence-corrected chi connectivity index (χ0v) is 18.5. The van der Waals surface area contributed by atoms with Gasteiger partial charge < -0.3 is 4.90 Å². The molecule has 28 heavy (non-hydrogen) atoms. The molecule has 0 atom stereocenters. The van der Waals surface area contributed by atoms with Crippen molar-refractivity contribution in [3.63, 3.8) is 0 Å². The first-order chi connectivity index (χ1) is 13.6. The molecular weight excluding hydrogens is 410 g/mol. The van der Waals surface area contributed by atoms with Crippen LogP contribution in [0.2, 0.25) is 5.02 Å². The molecule has 0 spiro atoms. The van der Waals surface area contributed by atoms with E-state index >= 15 is 0 Å². The molecular formula is C21H24ClN3OS2.